The lowest BCUT2D eigenvalue weighted by molar-refractivity contribution is 0.0935. The van der Waals surface area contributed by atoms with Crippen LogP contribution in [-0.2, 0) is 9.84 Å². The number of hydrogen-bond donors (Lipinski definition) is 2. The first kappa shape index (κ1) is 22.3. The predicted molar refractivity (Wildman–Crippen MR) is 111 cm³/mol. The monoisotopic (exact) mass is 463 g/mol. The van der Waals surface area contributed by atoms with Gasteiger partial charge in [0.15, 0.2) is 21.5 Å². The quantitative estimate of drug-likeness (QED) is 0.549. The number of carbonyl (C=O) groups excluding carboxylic acids is 2. The van der Waals surface area contributed by atoms with Gasteiger partial charge in [0.1, 0.15) is 18.3 Å². The molecule has 162 valence electrons. The number of sulfone groups is 1. The van der Waals surface area contributed by atoms with Crippen LogP contribution in [0.15, 0.2) is 41.8 Å². The molecule has 1 aromatic carbocycles. The molecule has 0 bridgehead atoms. The van der Waals surface area contributed by atoms with Crippen LogP contribution in [0.5, 0.6) is 0 Å². The predicted octanol–water partition coefficient (Wildman–Crippen LogP) is 0.965. The van der Waals surface area contributed by atoms with E-state index in [9.17, 15) is 18.0 Å². The van der Waals surface area contributed by atoms with Gasteiger partial charge in [-0.25, -0.2) is 23.4 Å². The number of nitrogens with zero attached hydrogens (tertiary/aromatic N) is 5. The summed E-state index contributed by atoms with van der Waals surface area (Å²) in [6, 6.07) is 4.67. The molecule has 2 N–H and O–H groups in total. The molecule has 0 saturated carbocycles. The third-order valence-electron chi connectivity index (χ3n) is 4.20. The third kappa shape index (κ3) is 5.03. The van der Waals surface area contributed by atoms with Gasteiger partial charge < -0.3 is 10.6 Å². The first-order chi connectivity index (χ1) is 14.6. The first-order valence-electron chi connectivity index (χ1n) is 8.86. The van der Waals surface area contributed by atoms with E-state index in [2.05, 4.69) is 30.7 Å². The molecule has 1 atom stereocenters. The van der Waals surface area contributed by atoms with Crippen molar-refractivity contribution in [1.29, 1.82) is 0 Å². The molecular formula is C18H18ClN7O4S. The van der Waals surface area contributed by atoms with Crippen molar-refractivity contribution in [2.45, 2.75) is 17.9 Å². The summed E-state index contributed by atoms with van der Waals surface area (Å²) in [5.41, 5.74) is 0.215. The fourth-order valence-corrected chi connectivity index (χ4v) is 3.67. The normalized spacial score (nSPS) is 12.3. The van der Waals surface area contributed by atoms with Gasteiger partial charge in [-0.1, -0.05) is 11.6 Å². The lowest BCUT2D eigenvalue weighted by Gasteiger charge is -2.15. The van der Waals surface area contributed by atoms with E-state index in [-0.39, 0.29) is 27.0 Å². The number of nitrogens with one attached hydrogen (secondary N) is 2. The number of rotatable bonds is 6. The molecule has 2 aromatic heterocycles. The van der Waals surface area contributed by atoms with Crippen LogP contribution in [0.25, 0.3) is 5.82 Å². The van der Waals surface area contributed by atoms with Crippen molar-refractivity contribution in [2.24, 2.45) is 0 Å². The molecule has 0 aliphatic rings. The van der Waals surface area contributed by atoms with Crippen molar-refractivity contribution >= 4 is 33.3 Å². The number of carbonyl (C=O) groups is 2. The van der Waals surface area contributed by atoms with E-state index in [0.717, 1.165) is 6.26 Å². The average molecular weight is 464 g/mol. The second kappa shape index (κ2) is 8.78. The zero-order valence-electron chi connectivity index (χ0n) is 16.7. The zero-order valence-corrected chi connectivity index (χ0v) is 18.3. The number of aromatic nitrogens is 5. The molecule has 2 amide bonds. The smallest absolute Gasteiger partial charge is 0.269 e. The SMILES string of the molecule is CNC(=O)c1cc(-n2ncnc2[C@H](C)NC(=O)c2cc(Cl)cc(S(C)(=O)=O)c2)ncn1. The van der Waals surface area contributed by atoms with Gasteiger partial charge in [0.2, 0.25) is 0 Å². The maximum Gasteiger partial charge on any atom is 0.269 e. The second-order valence-electron chi connectivity index (χ2n) is 6.51. The summed E-state index contributed by atoms with van der Waals surface area (Å²) in [4.78, 5) is 36.6. The highest BCUT2D eigenvalue weighted by atomic mass is 35.5. The van der Waals surface area contributed by atoms with Crippen LogP contribution < -0.4 is 10.6 Å². The fourth-order valence-electron chi connectivity index (χ4n) is 2.69. The summed E-state index contributed by atoms with van der Waals surface area (Å²) < 4.78 is 25.0. The summed E-state index contributed by atoms with van der Waals surface area (Å²) in [5, 5.41) is 9.42. The zero-order chi connectivity index (χ0) is 22.8. The number of amides is 2. The molecule has 0 radical (unpaired) electrons. The molecule has 0 aliphatic carbocycles. The highest BCUT2D eigenvalue weighted by Crippen LogP contribution is 2.20. The lowest BCUT2D eigenvalue weighted by Crippen LogP contribution is -2.29. The standard InChI is InChI=1S/C18H18ClN7O4S/c1-10(25-17(27)11-4-12(19)6-13(5-11)31(3,29)30)16-23-9-24-26(16)15-7-14(18(28)20-2)21-8-22-15/h4-10H,1-3H3,(H,20,28)(H,25,27)/t10-/m0/s1. The lowest BCUT2D eigenvalue weighted by atomic mass is 10.2. The molecule has 2 heterocycles. The van der Waals surface area contributed by atoms with Gasteiger partial charge >= 0.3 is 0 Å². The Bertz CT molecular complexity index is 1260. The summed E-state index contributed by atoms with van der Waals surface area (Å²) >= 11 is 5.98. The minimum atomic E-state index is -3.55. The van der Waals surface area contributed by atoms with Crippen molar-refractivity contribution in [2.75, 3.05) is 13.3 Å². The van der Waals surface area contributed by atoms with E-state index < -0.39 is 27.7 Å². The van der Waals surface area contributed by atoms with Crippen LogP contribution in [0.3, 0.4) is 0 Å². The maximum absolute atomic E-state index is 12.7. The van der Waals surface area contributed by atoms with Crippen LogP contribution in [0, 0.1) is 0 Å². The van der Waals surface area contributed by atoms with Gasteiger partial charge in [-0.05, 0) is 25.1 Å². The van der Waals surface area contributed by atoms with E-state index in [0.29, 0.717) is 5.82 Å². The van der Waals surface area contributed by atoms with Crippen LogP contribution >= 0.6 is 11.6 Å². The van der Waals surface area contributed by atoms with E-state index in [1.807, 2.05) is 0 Å². The van der Waals surface area contributed by atoms with Gasteiger partial charge in [0, 0.05) is 30.0 Å². The van der Waals surface area contributed by atoms with E-state index in [1.165, 1.54) is 48.6 Å². The van der Waals surface area contributed by atoms with Gasteiger partial charge in [-0.15, -0.1) is 0 Å². The molecular weight excluding hydrogens is 446 g/mol. The topological polar surface area (TPSA) is 149 Å². The summed E-state index contributed by atoms with van der Waals surface area (Å²) in [6.45, 7) is 1.67. The minimum Gasteiger partial charge on any atom is -0.354 e. The molecule has 3 aromatic rings. The van der Waals surface area contributed by atoms with Crippen molar-refractivity contribution in [3.8, 4) is 5.82 Å². The Morgan fingerprint density at radius 3 is 2.48 bits per heavy atom. The van der Waals surface area contributed by atoms with Gasteiger partial charge in [-0.2, -0.15) is 9.78 Å². The van der Waals surface area contributed by atoms with Crippen molar-refractivity contribution < 1.29 is 18.0 Å². The Hall–Kier alpha value is -3.38. The maximum atomic E-state index is 12.7. The largest absolute Gasteiger partial charge is 0.354 e. The number of halogens is 1. The summed E-state index contributed by atoms with van der Waals surface area (Å²) in [5.74, 6) is -0.331. The van der Waals surface area contributed by atoms with Crippen molar-refractivity contribution in [1.82, 2.24) is 35.4 Å². The van der Waals surface area contributed by atoms with E-state index in [1.54, 1.807) is 6.92 Å². The Morgan fingerprint density at radius 2 is 1.81 bits per heavy atom. The van der Waals surface area contributed by atoms with Crippen LogP contribution in [-0.4, -0.2) is 58.3 Å². The first-order valence-corrected chi connectivity index (χ1v) is 11.1. The Balaban J connectivity index is 1.87. The highest BCUT2D eigenvalue weighted by Gasteiger charge is 2.20. The number of benzene rings is 1. The van der Waals surface area contributed by atoms with Gasteiger partial charge in [0.25, 0.3) is 11.8 Å². The Morgan fingerprint density at radius 1 is 1.06 bits per heavy atom. The fraction of sp³-hybridized carbons (Fsp3) is 0.222. The van der Waals surface area contributed by atoms with Crippen molar-refractivity contribution in [3.05, 3.63) is 59.0 Å². The number of hydrogen-bond acceptors (Lipinski definition) is 8. The average Bonchev–Trinajstić information content (AvgIpc) is 3.22. The molecule has 0 fully saturated rings. The van der Waals surface area contributed by atoms with Crippen LogP contribution in [0.2, 0.25) is 5.02 Å². The van der Waals surface area contributed by atoms with Crippen LogP contribution in [0.4, 0.5) is 0 Å². The molecule has 0 saturated heterocycles. The molecule has 11 nitrogen and oxygen atoms in total. The van der Waals surface area contributed by atoms with E-state index >= 15 is 0 Å². The third-order valence-corrected chi connectivity index (χ3v) is 5.51. The molecule has 3 rings (SSSR count). The van der Waals surface area contributed by atoms with Gasteiger partial charge in [0.05, 0.1) is 10.9 Å². The molecule has 0 aliphatic heterocycles. The summed E-state index contributed by atoms with van der Waals surface area (Å²) in [7, 11) is -2.07. The van der Waals surface area contributed by atoms with E-state index in [4.69, 9.17) is 11.6 Å². The minimum absolute atomic E-state index is 0.0660. The highest BCUT2D eigenvalue weighted by molar-refractivity contribution is 7.90. The Labute approximate surface area is 182 Å². The Kier molecular flexibility index (Phi) is 6.32. The molecule has 31 heavy (non-hydrogen) atoms. The molecule has 0 unspecified atom stereocenters. The summed E-state index contributed by atoms with van der Waals surface area (Å²) in [6.07, 6.45) is 3.52. The second-order valence-corrected chi connectivity index (χ2v) is 8.97. The molecule has 0 spiro atoms. The van der Waals surface area contributed by atoms with Crippen molar-refractivity contribution in [3.63, 3.8) is 0 Å². The molecule has 13 heteroatoms. The van der Waals surface area contributed by atoms with Gasteiger partial charge in [-0.3, -0.25) is 9.59 Å². The van der Waals surface area contributed by atoms with Crippen LogP contribution in [0.1, 0.15) is 39.6 Å².